The number of fused-ring (bicyclic) bond motifs is 1. The molecule has 1 aromatic heterocycles. The number of likely N-dealkylation sites (tertiary alicyclic amines) is 1. The zero-order valence-corrected chi connectivity index (χ0v) is 23.2. The van der Waals surface area contributed by atoms with Gasteiger partial charge in [-0.05, 0) is 63.0 Å². The highest BCUT2D eigenvalue weighted by Gasteiger charge is 2.35. The number of alkyl halides is 3. The van der Waals surface area contributed by atoms with Crippen LogP contribution in [0.5, 0.6) is 0 Å². The van der Waals surface area contributed by atoms with Gasteiger partial charge in [-0.25, -0.2) is 4.98 Å². The number of carbonyl (C=O) groups is 1. The van der Waals surface area contributed by atoms with Crippen molar-refractivity contribution in [3.05, 3.63) is 35.5 Å². The molecule has 1 atom stereocenters. The van der Waals surface area contributed by atoms with Crippen LogP contribution >= 0.6 is 0 Å². The number of rotatable bonds is 10. The van der Waals surface area contributed by atoms with Gasteiger partial charge in [0, 0.05) is 69.4 Å². The zero-order valence-electron chi connectivity index (χ0n) is 23.2. The number of halogens is 3. The third-order valence-electron chi connectivity index (χ3n) is 8.14. The first-order valence-corrected chi connectivity index (χ1v) is 14.2. The summed E-state index contributed by atoms with van der Waals surface area (Å²) in [5.41, 5.74) is 2.08. The Morgan fingerprint density at radius 1 is 1.12 bits per heavy atom. The van der Waals surface area contributed by atoms with E-state index in [1.807, 2.05) is 13.1 Å². The van der Waals surface area contributed by atoms with E-state index < -0.39 is 11.7 Å². The molecule has 4 heterocycles. The summed E-state index contributed by atoms with van der Waals surface area (Å²) in [6, 6.07) is 6.80. The highest BCUT2D eigenvalue weighted by Crippen LogP contribution is 2.35. The molecule has 1 amide bonds. The molecule has 1 aromatic carbocycles. The summed E-state index contributed by atoms with van der Waals surface area (Å²) in [7, 11) is 1.95. The minimum atomic E-state index is -4.59. The average molecular weight is 561 g/mol. The van der Waals surface area contributed by atoms with E-state index >= 15 is 0 Å². The lowest BCUT2D eigenvalue weighted by molar-refractivity contribution is -0.137. The fraction of sp³-hybridized carbons (Fsp3) is 0.607. The molecule has 12 heteroatoms. The second kappa shape index (κ2) is 12.2. The summed E-state index contributed by atoms with van der Waals surface area (Å²) in [5, 5.41) is 8.79. The maximum Gasteiger partial charge on any atom is 0.421 e. The molecule has 0 saturated carbocycles. The van der Waals surface area contributed by atoms with Crippen LogP contribution in [0.4, 0.5) is 36.3 Å². The lowest BCUT2D eigenvalue weighted by atomic mass is 10.0. The van der Waals surface area contributed by atoms with Gasteiger partial charge in [-0.3, -0.25) is 9.69 Å². The van der Waals surface area contributed by atoms with Crippen molar-refractivity contribution >= 4 is 29.0 Å². The molecule has 5 rings (SSSR count). The number of aromatic nitrogens is 2. The lowest BCUT2D eigenvalue weighted by Gasteiger charge is -2.39. The standard InChI is InChI=1S/C28H39F3N8O/c1-3-19-14-21(39-13-12-38-11-4-6-22(38)18-39)7-8-24(19)35-27-34-15-23(28(29,30)31)25(36-27)32-9-5-10-33-26(40)20-16-37(2)17-20/h7-8,14-15,20,22H,3-6,9-13,16-18H2,1-2H3,(H,33,40)(H2,32,34,35,36). The van der Waals surface area contributed by atoms with Crippen LogP contribution in [0.2, 0.25) is 0 Å². The molecule has 3 aliphatic heterocycles. The van der Waals surface area contributed by atoms with Crippen LogP contribution < -0.4 is 20.9 Å². The molecule has 3 aliphatic rings. The number of amides is 1. The number of anilines is 4. The Hall–Kier alpha value is -3.12. The van der Waals surface area contributed by atoms with E-state index in [1.165, 1.54) is 25.1 Å². The number of aryl methyl sites for hydroxylation is 1. The Labute approximate surface area is 233 Å². The Balaban J connectivity index is 1.22. The molecule has 3 N–H and O–H groups in total. The van der Waals surface area contributed by atoms with Crippen LogP contribution in [0.15, 0.2) is 24.4 Å². The highest BCUT2D eigenvalue weighted by molar-refractivity contribution is 5.80. The molecule has 0 spiro atoms. The SMILES string of the molecule is CCc1cc(N2CCN3CCCC3C2)ccc1Nc1ncc(C(F)(F)F)c(NCCCNC(=O)C2CN(C)C2)n1. The number of hydrogen-bond acceptors (Lipinski definition) is 8. The normalized spacial score (nSPS) is 20.2. The molecule has 218 valence electrons. The van der Waals surface area contributed by atoms with Crippen LogP contribution in [0.25, 0.3) is 0 Å². The van der Waals surface area contributed by atoms with Crippen molar-refractivity contribution in [2.45, 2.75) is 44.8 Å². The van der Waals surface area contributed by atoms with Crippen molar-refractivity contribution in [3.8, 4) is 0 Å². The summed E-state index contributed by atoms with van der Waals surface area (Å²) in [4.78, 5) is 27.3. The fourth-order valence-corrected chi connectivity index (χ4v) is 5.84. The van der Waals surface area contributed by atoms with E-state index in [4.69, 9.17) is 0 Å². The summed E-state index contributed by atoms with van der Waals surface area (Å²) >= 11 is 0. The van der Waals surface area contributed by atoms with Gasteiger partial charge in [0.15, 0.2) is 0 Å². The predicted octanol–water partition coefficient (Wildman–Crippen LogP) is 3.57. The minimum Gasteiger partial charge on any atom is -0.369 e. The van der Waals surface area contributed by atoms with Crippen LogP contribution in [0.3, 0.4) is 0 Å². The molecular formula is C28H39F3N8O. The largest absolute Gasteiger partial charge is 0.421 e. The third-order valence-corrected chi connectivity index (χ3v) is 8.14. The van der Waals surface area contributed by atoms with Gasteiger partial charge in [-0.15, -0.1) is 0 Å². The fourth-order valence-electron chi connectivity index (χ4n) is 5.84. The first-order valence-electron chi connectivity index (χ1n) is 14.2. The van der Waals surface area contributed by atoms with Crippen molar-refractivity contribution in [2.75, 3.05) is 74.9 Å². The monoisotopic (exact) mass is 560 g/mol. The molecule has 0 aliphatic carbocycles. The second-order valence-electron chi connectivity index (χ2n) is 11.0. The summed E-state index contributed by atoms with van der Waals surface area (Å²) in [6.45, 7) is 8.41. The molecule has 2 aromatic rings. The Kier molecular flexibility index (Phi) is 8.65. The number of nitrogens with one attached hydrogen (secondary N) is 3. The number of benzene rings is 1. The van der Waals surface area contributed by atoms with Crippen molar-refractivity contribution in [1.29, 1.82) is 0 Å². The first kappa shape index (κ1) is 28.4. The van der Waals surface area contributed by atoms with Crippen LogP contribution in [0, 0.1) is 5.92 Å². The first-order chi connectivity index (χ1) is 19.2. The lowest BCUT2D eigenvalue weighted by Crippen LogP contribution is -2.51. The van der Waals surface area contributed by atoms with E-state index in [0.717, 1.165) is 56.6 Å². The minimum absolute atomic E-state index is 0.00937. The Bertz CT molecular complexity index is 1190. The summed E-state index contributed by atoms with van der Waals surface area (Å²) in [5.74, 6) is -0.202. The van der Waals surface area contributed by atoms with Gasteiger partial charge in [-0.1, -0.05) is 6.92 Å². The van der Waals surface area contributed by atoms with Crippen molar-refractivity contribution in [1.82, 2.24) is 25.1 Å². The van der Waals surface area contributed by atoms with E-state index in [9.17, 15) is 18.0 Å². The molecule has 40 heavy (non-hydrogen) atoms. The van der Waals surface area contributed by atoms with Crippen LogP contribution in [0.1, 0.15) is 37.3 Å². The maximum atomic E-state index is 13.7. The van der Waals surface area contributed by atoms with Crippen LogP contribution in [-0.2, 0) is 17.4 Å². The van der Waals surface area contributed by atoms with E-state index in [2.05, 4.69) is 59.7 Å². The summed E-state index contributed by atoms with van der Waals surface area (Å²) < 4.78 is 41.0. The summed E-state index contributed by atoms with van der Waals surface area (Å²) in [6.07, 6.45) is -0.0482. The third kappa shape index (κ3) is 6.60. The molecule has 0 bridgehead atoms. The van der Waals surface area contributed by atoms with Gasteiger partial charge < -0.3 is 25.8 Å². The van der Waals surface area contributed by atoms with Crippen LogP contribution in [-0.4, -0.2) is 91.1 Å². The molecule has 0 radical (unpaired) electrons. The number of carbonyl (C=O) groups excluding carboxylic acids is 1. The van der Waals surface area contributed by atoms with Gasteiger partial charge >= 0.3 is 6.18 Å². The van der Waals surface area contributed by atoms with Gasteiger partial charge in [0.1, 0.15) is 11.4 Å². The molecule has 3 fully saturated rings. The van der Waals surface area contributed by atoms with Crippen molar-refractivity contribution in [3.63, 3.8) is 0 Å². The quantitative estimate of drug-likeness (QED) is 0.381. The number of hydrogen-bond donors (Lipinski definition) is 3. The van der Waals surface area contributed by atoms with Gasteiger partial charge in [0.05, 0.1) is 5.92 Å². The smallest absolute Gasteiger partial charge is 0.369 e. The average Bonchev–Trinajstić information content (AvgIpc) is 3.39. The predicted molar refractivity (Wildman–Crippen MR) is 150 cm³/mol. The van der Waals surface area contributed by atoms with Crippen molar-refractivity contribution in [2.24, 2.45) is 5.92 Å². The van der Waals surface area contributed by atoms with Crippen molar-refractivity contribution < 1.29 is 18.0 Å². The highest BCUT2D eigenvalue weighted by atomic mass is 19.4. The zero-order chi connectivity index (χ0) is 28.3. The molecule has 9 nitrogen and oxygen atoms in total. The van der Waals surface area contributed by atoms with E-state index in [0.29, 0.717) is 19.0 Å². The molecule has 3 saturated heterocycles. The van der Waals surface area contributed by atoms with Gasteiger partial charge in [0.25, 0.3) is 0 Å². The second-order valence-corrected chi connectivity index (χ2v) is 11.0. The number of nitrogens with zero attached hydrogens (tertiary/aromatic N) is 5. The number of piperazine rings is 1. The topological polar surface area (TPSA) is 88.7 Å². The molecular weight excluding hydrogens is 521 g/mol. The van der Waals surface area contributed by atoms with E-state index in [-0.39, 0.29) is 30.1 Å². The maximum absolute atomic E-state index is 13.7. The Morgan fingerprint density at radius 2 is 1.95 bits per heavy atom. The molecule has 1 unspecified atom stereocenters. The van der Waals surface area contributed by atoms with E-state index in [1.54, 1.807) is 0 Å². The Morgan fingerprint density at radius 3 is 2.70 bits per heavy atom. The van der Waals surface area contributed by atoms with Gasteiger partial charge in [-0.2, -0.15) is 18.2 Å². The van der Waals surface area contributed by atoms with Gasteiger partial charge in [0.2, 0.25) is 11.9 Å².